The van der Waals surface area contributed by atoms with Gasteiger partial charge in [-0.05, 0) is 23.8 Å². The Labute approximate surface area is 85.1 Å². The van der Waals surface area contributed by atoms with Gasteiger partial charge < -0.3 is 5.11 Å². The molecule has 0 saturated carbocycles. The van der Waals surface area contributed by atoms with Crippen LogP contribution < -0.4 is 0 Å². The molecule has 0 amide bonds. The third-order valence-electron chi connectivity index (χ3n) is 2.34. The summed E-state index contributed by atoms with van der Waals surface area (Å²) in [7, 11) is 0. The number of aliphatic hydroxyl groups excluding tert-OH is 1. The van der Waals surface area contributed by atoms with Gasteiger partial charge in [0.2, 0.25) is 0 Å². The van der Waals surface area contributed by atoms with Crippen LogP contribution in [0, 0.1) is 11.6 Å². The van der Waals surface area contributed by atoms with Crippen LogP contribution in [-0.4, -0.2) is 10.9 Å². The molecular weight excluding hydrogens is 206 g/mol. The highest BCUT2D eigenvalue weighted by Crippen LogP contribution is 2.32. The molecule has 0 saturated heterocycles. The maximum atomic E-state index is 13.3. The fourth-order valence-corrected chi connectivity index (χ4v) is 2.64. The van der Waals surface area contributed by atoms with Gasteiger partial charge in [-0.25, -0.2) is 8.78 Å². The van der Waals surface area contributed by atoms with E-state index in [1.165, 1.54) is 6.07 Å². The van der Waals surface area contributed by atoms with Gasteiger partial charge in [0, 0.05) is 17.4 Å². The van der Waals surface area contributed by atoms with Crippen molar-refractivity contribution in [2.75, 3.05) is 5.75 Å². The van der Waals surface area contributed by atoms with Crippen LogP contribution in [0.3, 0.4) is 0 Å². The summed E-state index contributed by atoms with van der Waals surface area (Å²) in [5.41, 5.74) is 0.855. The first kappa shape index (κ1) is 9.93. The predicted octanol–water partition coefficient (Wildman–Crippen LogP) is 2.64. The lowest BCUT2D eigenvalue weighted by atomic mass is 10.0. The van der Waals surface area contributed by atoms with E-state index in [1.807, 2.05) is 0 Å². The second kappa shape index (κ2) is 3.87. The molecule has 76 valence electrons. The molecule has 0 spiro atoms. The molecule has 1 heterocycles. The first-order valence-corrected chi connectivity index (χ1v) is 5.57. The first-order chi connectivity index (χ1) is 6.68. The van der Waals surface area contributed by atoms with Crippen LogP contribution in [0.1, 0.15) is 23.7 Å². The lowest BCUT2D eigenvalue weighted by Crippen LogP contribution is -2.02. The van der Waals surface area contributed by atoms with Gasteiger partial charge in [0.1, 0.15) is 11.6 Å². The Morgan fingerprint density at radius 3 is 2.93 bits per heavy atom. The molecule has 2 rings (SSSR count). The van der Waals surface area contributed by atoms with E-state index in [0.29, 0.717) is 23.3 Å². The quantitative estimate of drug-likeness (QED) is 0.719. The van der Waals surface area contributed by atoms with Gasteiger partial charge in [0.25, 0.3) is 0 Å². The zero-order valence-electron chi connectivity index (χ0n) is 7.46. The fraction of sp³-hybridized carbons (Fsp3) is 0.400. The first-order valence-electron chi connectivity index (χ1n) is 4.42. The second-order valence-corrected chi connectivity index (χ2v) is 4.42. The summed E-state index contributed by atoms with van der Waals surface area (Å²) >= 11 is 1.56. The van der Waals surface area contributed by atoms with Crippen LogP contribution in [0.5, 0.6) is 0 Å². The highest BCUT2D eigenvalue weighted by Gasteiger charge is 2.20. The van der Waals surface area contributed by atoms with E-state index >= 15 is 0 Å². The van der Waals surface area contributed by atoms with Crippen LogP contribution in [0.2, 0.25) is 0 Å². The normalized spacial score (nSPS) is 21.5. The van der Waals surface area contributed by atoms with Gasteiger partial charge in [-0.2, -0.15) is 11.8 Å². The minimum absolute atomic E-state index is 0.410. The van der Waals surface area contributed by atoms with E-state index in [-0.39, 0.29) is 0 Å². The maximum Gasteiger partial charge on any atom is 0.130 e. The second-order valence-electron chi connectivity index (χ2n) is 3.31. The van der Waals surface area contributed by atoms with Crippen molar-refractivity contribution in [3.63, 3.8) is 0 Å². The number of thioether (sulfide) groups is 1. The van der Waals surface area contributed by atoms with Crippen molar-refractivity contribution in [1.82, 2.24) is 0 Å². The van der Waals surface area contributed by atoms with E-state index in [4.69, 9.17) is 0 Å². The summed E-state index contributed by atoms with van der Waals surface area (Å²) in [5, 5.41) is 9.64. The van der Waals surface area contributed by atoms with Gasteiger partial charge in [-0.3, -0.25) is 0 Å². The lowest BCUT2D eigenvalue weighted by Gasteiger charge is -2.11. The standard InChI is InChI=1S/C10H10F2OS/c11-6-3-7-8(9(12)4-6)5-14-2-1-10(7)13/h3-4,10,13H,1-2,5H2/t10-/m1/s1. The molecule has 1 atom stereocenters. The largest absolute Gasteiger partial charge is 0.388 e. The van der Waals surface area contributed by atoms with E-state index in [1.54, 1.807) is 11.8 Å². The highest BCUT2D eigenvalue weighted by molar-refractivity contribution is 7.98. The molecular formula is C10H10F2OS. The van der Waals surface area contributed by atoms with Crippen molar-refractivity contribution >= 4 is 11.8 Å². The molecule has 0 bridgehead atoms. The topological polar surface area (TPSA) is 20.2 Å². The van der Waals surface area contributed by atoms with Crippen LogP contribution in [0.15, 0.2) is 12.1 Å². The zero-order valence-corrected chi connectivity index (χ0v) is 8.28. The summed E-state index contributed by atoms with van der Waals surface area (Å²) in [6, 6.07) is 2.10. The van der Waals surface area contributed by atoms with Crippen molar-refractivity contribution < 1.29 is 13.9 Å². The molecule has 0 aliphatic carbocycles. The Kier molecular flexibility index (Phi) is 2.74. The molecule has 14 heavy (non-hydrogen) atoms. The summed E-state index contributed by atoms with van der Waals surface area (Å²) < 4.78 is 26.2. The molecule has 1 aliphatic rings. The molecule has 1 aromatic carbocycles. The summed E-state index contributed by atoms with van der Waals surface area (Å²) in [6.07, 6.45) is -0.175. The molecule has 0 fully saturated rings. The van der Waals surface area contributed by atoms with E-state index < -0.39 is 17.7 Å². The number of rotatable bonds is 0. The number of hydrogen-bond donors (Lipinski definition) is 1. The van der Waals surface area contributed by atoms with Gasteiger partial charge >= 0.3 is 0 Å². The number of fused-ring (bicyclic) bond motifs is 1. The Morgan fingerprint density at radius 1 is 1.36 bits per heavy atom. The van der Waals surface area contributed by atoms with Gasteiger partial charge in [-0.15, -0.1) is 0 Å². The Hall–Kier alpha value is -0.610. The van der Waals surface area contributed by atoms with Crippen LogP contribution in [0.4, 0.5) is 8.78 Å². The van der Waals surface area contributed by atoms with Gasteiger partial charge in [-0.1, -0.05) is 0 Å². The smallest absolute Gasteiger partial charge is 0.130 e. The van der Waals surface area contributed by atoms with Crippen molar-refractivity contribution in [2.24, 2.45) is 0 Å². The minimum atomic E-state index is -0.731. The average Bonchev–Trinajstić information content (AvgIpc) is 2.29. The van der Waals surface area contributed by atoms with Gasteiger partial charge in [0.05, 0.1) is 6.10 Å². The number of benzene rings is 1. The molecule has 1 aromatic rings. The molecule has 1 N–H and O–H groups in total. The number of halogens is 2. The lowest BCUT2D eigenvalue weighted by molar-refractivity contribution is 0.174. The van der Waals surface area contributed by atoms with Gasteiger partial charge in [0.15, 0.2) is 0 Å². The molecule has 0 unspecified atom stereocenters. The molecule has 1 nitrogen and oxygen atoms in total. The Morgan fingerprint density at radius 2 is 2.14 bits per heavy atom. The Bertz CT molecular complexity index is 354. The molecule has 4 heteroatoms. The van der Waals surface area contributed by atoms with Crippen molar-refractivity contribution in [3.05, 3.63) is 34.9 Å². The fourth-order valence-electron chi connectivity index (χ4n) is 1.60. The SMILES string of the molecule is O[C@@H]1CCSCc2c(F)cc(F)cc21. The third-order valence-corrected chi connectivity index (χ3v) is 3.35. The molecule has 0 radical (unpaired) electrons. The maximum absolute atomic E-state index is 13.3. The van der Waals surface area contributed by atoms with Crippen LogP contribution in [0.25, 0.3) is 0 Å². The van der Waals surface area contributed by atoms with E-state index in [2.05, 4.69) is 0 Å². The number of aliphatic hydroxyl groups is 1. The third kappa shape index (κ3) is 1.77. The van der Waals surface area contributed by atoms with E-state index in [0.717, 1.165) is 11.8 Å². The van der Waals surface area contributed by atoms with Crippen LogP contribution in [-0.2, 0) is 5.75 Å². The molecule has 1 aliphatic heterocycles. The number of hydrogen-bond acceptors (Lipinski definition) is 2. The van der Waals surface area contributed by atoms with Crippen molar-refractivity contribution in [3.8, 4) is 0 Å². The summed E-state index contributed by atoms with van der Waals surface area (Å²) in [5.74, 6) is 0.121. The van der Waals surface area contributed by atoms with Crippen molar-refractivity contribution in [2.45, 2.75) is 18.3 Å². The monoisotopic (exact) mass is 216 g/mol. The summed E-state index contributed by atoms with van der Waals surface area (Å²) in [6.45, 7) is 0. The molecule has 0 aromatic heterocycles. The van der Waals surface area contributed by atoms with Crippen molar-refractivity contribution in [1.29, 1.82) is 0 Å². The minimum Gasteiger partial charge on any atom is -0.388 e. The Balaban J connectivity index is 2.53. The highest BCUT2D eigenvalue weighted by atomic mass is 32.2. The van der Waals surface area contributed by atoms with Crippen LogP contribution >= 0.6 is 11.8 Å². The average molecular weight is 216 g/mol. The van der Waals surface area contributed by atoms with E-state index in [9.17, 15) is 13.9 Å². The zero-order chi connectivity index (χ0) is 10.1. The predicted molar refractivity (Wildman–Crippen MR) is 52.1 cm³/mol. The summed E-state index contributed by atoms with van der Waals surface area (Å²) in [4.78, 5) is 0.